The molecule has 4 heteroatoms. The van der Waals surface area contributed by atoms with Gasteiger partial charge in [-0.3, -0.25) is 0 Å². The van der Waals surface area contributed by atoms with E-state index < -0.39 is 0 Å². The number of carbonyl (C=O) groups excluding carboxylic acids is 1. The molecule has 0 aliphatic carbocycles. The Morgan fingerprint density at radius 3 is 2.70 bits per heavy atom. The van der Waals surface area contributed by atoms with Gasteiger partial charge < -0.3 is 9.72 Å². The molecule has 0 spiro atoms. The van der Waals surface area contributed by atoms with Crippen LogP contribution in [0.5, 0.6) is 0 Å². The Morgan fingerprint density at radius 1 is 1.40 bits per heavy atom. The predicted molar refractivity (Wildman–Crippen MR) is 79.8 cm³/mol. The molecule has 1 atom stereocenters. The van der Waals surface area contributed by atoms with Crippen molar-refractivity contribution in [2.75, 3.05) is 7.11 Å². The van der Waals surface area contributed by atoms with Gasteiger partial charge in [-0.25, -0.2) is 9.78 Å². The zero-order valence-electron chi connectivity index (χ0n) is 12.8. The molecule has 0 saturated carbocycles. The molecule has 0 radical (unpaired) electrons. The summed E-state index contributed by atoms with van der Waals surface area (Å²) < 4.78 is 4.80. The van der Waals surface area contributed by atoms with Crippen LogP contribution in [0.4, 0.5) is 0 Å². The fourth-order valence-corrected chi connectivity index (χ4v) is 2.05. The first-order valence-corrected chi connectivity index (χ1v) is 6.89. The number of carbonyl (C=O) groups is 1. The Morgan fingerprint density at radius 2 is 2.10 bits per heavy atom. The van der Waals surface area contributed by atoms with E-state index in [2.05, 4.69) is 37.7 Å². The molecule has 0 saturated heterocycles. The van der Waals surface area contributed by atoms with Crippen molar-refractivity contribution in [2.45, 2.75) is 34.1 Å². The highest BCUT2D eigenvalue weighted by molar-refractivity contribution is 6.01. The normalized spacial score (nSPS) is 13.4. The summed E-state index contributed by atoms with van der Waals surface area (Å²) in [5.41, 5.74) is 2.31. The Hall–Kier alpha value is -1.84. The van der Waals surface area contributed by atoms with E-state index in [4.69, 9.17) is 4.74 Å². The fraction of sp³-hybridized carbons (Fsp3) is 0.500. The van der Waals surface area contributed by atoms with Gasteiger partial charge in [0.1, 0.15) is 11.3 Å². The van der Waals surface area contributed by atoms with Crippen LogP contribution in [0, 0.1) is 11.3 Å². The number of aromatic nitrogens is 2. The number of nitrogens with zero attached hydrogens (tertiary/aromatic N) is 1. The molecule has 1 heterocycles. The first kappa shape index (κ1) is 14.6. The average Bonchev–Trinajstić information content (AvgIpc) is 2.78. The molecule has 0 aliphatic rings. The lowest BCUT2D eigenvalue weighted by Crippen LogP contribution is -2.19. The molecule has 20 heavy (non-hydrogen) atoms. The van der Waals surface area contributed by atoms with Crippen molar-refractivity contribution in [2.24, 2.45) is 11.3 Å². The molecule has 1 N–H and O–H groups in total. The predicted octanol–water partition coefficient (Wildman–Crippen LogP) is 3.57. The lowest BCUT2D eigenvalue weighted by Gasteiger charge is -2.26. The van der Waals surface area contributed by atoms with E-state index in [0.29, 0.717) is 17.0 Å². The second kappa shape index (κ2) is 5.27. The molecule has 4 nitrogen and oxygen atoms in total. The van der Waals surface area contributed by atoms with Gasteiger partial charge in [-0.05, 0) is 23.5 Å². The van der Waals surface area contributed by atoms with Gasteiger partial charge in [0, 0.05) is 6.42 Å². The molecule has 108 valence electrons. The van der Waals surface area contributed by atoms with Crippen molar-refractivity contribution < 1.29 is 9.53 Å². The number of imidazole rings is 1. The van der Waals surface area contributed by atoms with Crippen LogP contribution in [-0.2, 0) is 11.2 Å². The van der Waals surface area contributed by atoms with E-state index in [1.807, 2.05) is 12.1 Å². The molecule has 2 rings (SSSR count). The van der Waals surface area contributed by atoms with Crippen molar-refractivity contribution >= 4 is 17.0 Å². The van der Waals surface area contributed by atoms with Crippen molar-refractivity contribution in [1.29, 1.82) is 0 Å². The van der Waals surface area contributed by atoms with Crippen LogP contribution >= 0.6 is 0 Å². The number of para-hydroxylation sites is 1. The molecule has 1 aromatic carbocycles. The van der Waals surface area contributed by atoms with Crippen LogP contribution in [-0.4, -0.2) is 23.0 Å². The number of fused-ring (bicyclic) bond motifs is 1. The molecule has 0 aliphatic heterocycles. The van der Waals surface area contributed by atoms with Crippen molar-refractivity contribution in [3.05, 3.63) is 29.6 Å². The summed E-state index contributed by atoms with van der Waals surface area (Å²) in [6.45, 7) is 8.88. The Labute approximate surface area is 119 Å². The first-order chi connectivity index (χ1) is 9.32. The third-order valence-electron chi connectivity index (χ3n) is 3.94. The second-order valence-electron chi connectivity index (χ2n) is 6.35. The summed E-state index contributed by atoms with van der Waals surface area (Å²) in [5, 5.41) is 0. The molecule has 1 aromatic heterocycles. The van der Waals surface area contributed by atoms with Crippen LogP contribution < -0.4 is 0 Å². The molecular formula is C16H22N2O2. The summed E-state index contributed by atoms with van der Waals surface area (Å²) >= 11 is 0. The second-order valence-corrected chi connectivity index (χ2v) is 6.35. The lowest BCUT2D eigenvalue weighted by molar-refractivity contribution is 0.0603. The van der Waals surface area contributed by atoms with Crippen molar-refractivity contribution in [3.63, 3.8) is 0 Å². The molecule has 2 aromatic rings. The lowest BCUT2D eigenvalue weighted by atomic mass is 9.80. The maximum absolute atomic E-state index is 11.7. The van der Waals surface area contributed by atoms with Gasteiger partial charge >= 0.3 is 5.97 Å². The Balaban J connectivity index is 2.37. The van der Waals surface area contributed by atoms with Gasteiger partial charge in [0.15, 0.2) is 0 Å². The minimum absolute atomic E-state index is 0.226. The molecule has 0 amide bonds. The fourth-order valence-electron chi connectivity index (χ4n) is 2.05. The average molecular weight is 274 g/mol. The number of nitrogens with one attached hydrogen (secondary N) is 1. The van der Waals surface area contributed by atoms with Gasteiger partial charge in [-0.2, -0.15) is 0 Å². The largest absolute Gasteiger partial charge is 0.465 e. The number of esters is 1. The van der Waals surface area contributed by atoms with E-state index in [1.165, 1.54) is 7.11 Å². The van der Waals surface area contributed by atoms with Crippen molar-refractivity contribution in [1.82, 2.24) is 9.97 Å². The SMILES string of the molecule is COC(=O)c1cccc2[nH]c(CC(C)C(C)(C)C)nc12. The Kier molecular flexibility index (Phi) is 3.84. The van der Waals surface area contributed by atoms with Crippen LogP contribution in [0.15, 0.2) is 18.2 Å². The van der Waals surface area contributed by atoms with E-state index in [9.17, 15) is 4.79 Å². The van der Waals surface area contributed by atoms with E-state index in [1.54, 1.807) is 6.07 Å². The zero-order chi connectivity index (χ0) is 14.9. The highest BCUT2D eigenvalue weighted by Gasteiger charge is 2.22. The first-order valence-electron chi connectivity index (χ1n) is 6.89. The summed E-state index contributed by atoms with van der Waals surface area (Å²) in [5.74, 6) is 1.06. The topological polar surface area (TPSA) is 55.0 Å². The number of ether oxygens (including phenoxy) is 1. The number of methoxy groups -OCH3 is 1. The van der Waals surface area contributed by atoms with Crippen LogP contribution in [0.25, 0.3) is 11.0 Å². The van der Waals surface area contributed by atoms with Gasteiger partial charge in [0.2, 0.25) is 0 Å². The van der Waals surface area contributed by atoms with Crippen LogP contribution in [0.2, 0.25) is 0 Å². The standard InChI is InChI=1S/C16H22N2O2/c1-10(16(2,3)4)9-13-17-12-8-6-7-11(14(12)18-13)15(19)20-5/h6-8,10H,9H2,1-5H3,(H,17,18). The maximum atomic E-state index is 11.7. The highest BCUT2D eigenvalue weighted by atomic mass is 16.5. The van der Waals surface area contributed by atoms with Crippen LogP contribution in [0.1, 0.15) is 43.9 Å². The molecule has 0 fully saturated rings. The number of hydrogen-bond acceptors (Lipinski definition) is 3. The number of H-pyrrole nitrogens is 1. The number of benzene rings is 1. The maximum Gasteiger partial charge on any atom is 0.340 e. The summed E-state index contributed by atoms with van der Waals surface area (Å²) in [7, 11) is 1.39. The van der Waals surface area contributed by atoms with Gasteiger partial charge in [-0.1, -0.05) is 33.8 Å². The third kappa shape index (κ3) is 2.84. The van der Waals surface area contributed by atoms with Crippen molar-refractivity contribution in [3.8, 4) is 0 Å². The highest BCUT2D eigenvalue weighted by Crippen LogP contribution is 2.28. The van der Waals surface area contributed by atoms with Gasteiger partial charge in [0.25, 0.3) is 0 Å². The Bertz CT molecular complexity index is 623. The summed E-state index contributed by atoms with van der Waals surface area (Å²) in [6, 6.07) is 5.51. The molecular weight excluding hydrogens is 252 g/mol. The van der Waals surface area contributed by atoms with Crippen LogP contribution in [0.3, 0.4) is 0 Å². The van der Waals surface area contributed by atoms with E-state index >= 15 is 0 Å². The number of rotatable bonds is 3. The quantitative estimate of drug-likeness (QED) is 0.870. The molecule has 1 unspecified atom stereocenters. The zero-order valence-corrected chi connectivity index (χ0v) is 12.8. The van der Waals surface area contributed by atoms with E-state index in [-0.39, 0.29) is 11.4 Å². The minimum Gasteiger partial charge on any atom is -0.465 e. The number of hydrogen-bond donors (Lipinski definition) is 1. The monoisotopic (exact) mass is 274 g/mol. The summed E-state index contributed by atoms with van der Waals surface area (Å²) in [6.07, 6.45) is 0.860. The van der Waals surface area contributed by atoms with Gasteiger partial charge in [0.05, 0.1) is 18.2 Å². The minimum atomic E-state index is -0.350. The van der Waals surface area contributed by atoms with E-state index in [0.717, 1.165) is 17.8 Å². The number of aromatic amines is 1. The third-order valence-corrected chi connectivity index (χ3v) is 3.94. The summed E-state index contributed by atoms with van der Waals surface area (Å²) in [4.78, 5) is 19.6. The molecule has 0 bridgehead atoms. The smallest absolute Gasteiger partial charge is 0.340 e. The van der Waals surface area contributed by atoms with Gasteiger partial charge in [-0.15, -0.1) is 0 Å².